The van der Waals surface area contributed by atoms with Gasteiger partial charge in [0.05, 0.1) is 25.6 Å². The Kier molecular flexibility index (Phi) is 8.33. The molecule has 0 aliphatic carbocycles. The third-order valence-electron chi connectivity index (χ3n) is 7.51. The molecule has 9 heteroatoms. The van der Waals surface area contributed by atoms with Crippen molar-refractivity contribution >= 4 is 17.5 Å². The standard InChI is InChI=1S/C28H36N4O5/c33-18-25-28-23(16-21(36-25)17-26(34)30-10-13-32-11-2-1-3-12-32)22-15-20(4-5-24(22)37-28)31-27(35)14-19-6-8-29-9-7-19/h4-9,15,21,23,25,28,33H,1-3,10-14,16-18H2,(H,30,34)(H,31,35)/t21-,23+,25-,28-/m0/s1. The van der Waals surface area contributed by atoms with Crippen molar-refractivity contribution in [2.75, 3.05) is 38.1 Å². The van der Waals surface area contributed by atoms with Gasteiger partial charge in [0, 0.05) is 42.7 Å². The summed E-state index contributed by atoms with van der Waals surface area (Å²) in [5, 5.41) is 16.0. The quantitative estimate of drug-likeness (QED) is 0.476. The van der Waals surface area contributed by atoms with E-state index in [4.69, 9.17) is 9.47 Å². The predicted molar refractivity (Wildman–Crippen MR) is 138 cm³/mol. The summed E-state index contributed by atoms with van der Waals surface area (Å²) in [5.41, 5.74) is 2.56. The van der Waals surface area contributed by atoms with Gasteiger partial charge in [0.15, 0.2) is 0 Å². The topological polar surface area (TPSA) is 113 Å². The largest absolute Gasteiger partial charge is 0.487 e. The molecule has 9 nitrogen and oxygen atoms in total. The highest BCUT2D eigenvalue weighted by atomic mass is 16.6. The van der Waals surface area contributed by atoms with E-state index in [1.165, 1.54) is 19.3 Å². The number of nitrogens with one attached hydrogen (secondary N) is 2. The van der Waals surface area contributed by atoms with Gasteiger partial charge in [-0.15, -0.1) is 0 Å². The zero-order chi connectivity index (χ0) is 25.6. The number of rotatable bonds is 9. The fraction of sp³-hybridized carbons (Fsp3) is 0.536. The number of hydrogen-bond donors (Lipinski definition) is 3. The molecular formula is C28H36N4O5. The highest BCUT2D eigenvalue weighted by Gasteiger charge is 2.46. The molecule has 3 aliphatic rings. The average Bonchev–Trinajstić information content (AvgIpc) is 3.27. The predicted octanol–water partition coefficient (Wildman–Crippen LogP) is 2.25. The van der Waals surface area contributed by atoms with Gasteiger partial charge in [0.1, 0.15) is 18.0 Å². The zero-order valence-electron chi connectivity index (χ0n) is 21.1. The fourth-order valence-electron chi connectivity index (χ4n) is 5.67. The maximum absolute atomic E-state index is 12.7. The van der Waals surface area contributed by atoms with Crippen LogP contribution in [0.15, 0.2) is 42.7 Å². The van der Waals surface area contributed by atoms with Crippen molar-refractivity contribution in [1.82, 2.24) is 15.2 Å². The minimum Gasteiger partial charge on any atom is -0.487 e. The highest BCUT2D eigenvalue weighted by Crippen LogP contribution is 2.47. The molecule has 4 heterocycles. The number of aliphatic hydroxyl groups excluding tert-OH is 1. The van der Waals surface area contributed by atoms with E-state index in [-0.39, 0.29) is 49.4 Å². The van der Waals surface area contributed by atoms with Crippen LogP contribution in [0.4, 0.5) is 5.69 Å². The molecule has 3 N–H and O–H groups in total. The lowest BCUT2D eigenvalue weighted by Gasteiger charge is -2.37. The van der Waals surface area contributed by atoms with E-state index in [9.17, 15) is 14.7 Å². The van der Waals surface area contributed by atoms with Crippen LogP contribution in [-0.2, 0) is 20.7 Å². The second kappa shape index (κ2) is 12.0. The number of ether oxygens (including phenoxy) is 2. The van der Waals surface area contributed by atoms with Crippen molar-refractivity contribution in [3.8, 4) is 5.75 Å². The van der Waals surface area contributed by atoms with E-state index in [2.05, 4.69) is 20.5 Å². The second-order valence-electron chi connectivity index (χ2n) is 10.2. The summed E-state index contributed by atoms with van der Waals surface area (Å²) in [6.45, 7) is 3.54. The van der Waals surface area contributed by atoms with E-state index in [1.54, 1.807) is 12.4 Å². The van der Waals surface area contributed by atoms with Crippen LogP contribution in [0.5, 0.6) is 5.75 Å². The van der Waals surface area contributed by atoms with Crippen molar-refractivity contribution in [2.45, 2.75) is 62.8 Å². The number of benzene rings is 1. The van der Waals surface area contributed by atoms with Gasteiger partial charge in [-0.25, -0.2) is 0 Å². The number of amides is 2. The summed E-state index contributed by atoms with van der Waals surface area (Å²) in [6, 6.07) is 9.26. The first-order chi connectivity index (χ1) is 18.1. The Morgan fingerprint density at radius 2 is 1.89 bits per heavy atom. The molecule has 4 atom stereocenters. The molecule has 2 saturated heterocycles. The number of carbonyl (C=O) groups is 2. The lowest BCUT2D eigenvalue weighted by atomic mass is 9.84. The van der Waals surface area contributed by atoms with Gasteiger partial charge >= 0.3 is 0 Å². The van der Waals surface area contributed by atoms with Crippen molar-refractivity contribution in [2.24, 2.45) is 0 Å². The summed E-state index contributed by atoms with van der Waals surface area (Å²) in [6.07, 6.45) is 7.08. The van der Waals surface area contributed by atoms with Crippen molar-refractivity contribution in [3.63, 3.8) is 0 Å². The van der Waals surface area contributed by atoms with E-state index in [1.807, 2.05) is 30.3 Å². The van der Waals surface area contributed by atoms with E-state index >= 15 is 0 Å². The fourth-order valence-corrected chi connectivity index (χ4v) is 5.67. The Morgan fingerprint density at radius 3 is 2.68 bits per heavy atom. The maximum atomic E-state index is 12.7. The third-order valence-corrected chi connectivity index (χ3v) is 7.51. The smallest absolute Gasteiger partial charge is 0.228 e. The van der Waals surface area contributed by atoms with Gasteiger partial charge in [-0.2, -0.15) is 0 Å². The minimum atomic E-state index is -0.512. The number of piperidine rings is 1. The molecule has 1 aromatic heterocycles. The van der Waals surface area contributed by atoms with Gasteiger partial charge in [-0.05, 0) is 68.2 Å². The maximum Gasteiger partial charge on any atom is 0.228 e. The molecule has 2 fully saturated rings. The molecule has 2 aromatic rings. The first-order valence-electron chi connectivity index (χ1n) is 13.3. The summed E-state index contributed by atoms with van der Waals surface area (Å²) in [7, 11) is 0. The summed E-state index contributed by atoms with van der Waals surface area (Å²) >= 11 is 0. The molecule has 198 valence electrons. The van der Waals surface area contributed by atoms with Crippen LogP contribution in [0.25, 0.3) is 0 Å². The number of hydrogen-bond acceptors (Lipinski definition) is 7. The zero-order valence-corrected chi connectivity index (χ0v) is 21.1. The number of pyridine rings is 1. The van der Waals surface area contributed by atoms with Gasteiger partial charge in [-0.1, -0.05) is 6.42 Å². The highest BCUT2D eigenvalue weighted by molar-refractivity contribution is 5.92. The molecular weight excluding hydrogens is 472 g/mol. The summed E-state index contributed by atoms with van der Waals surface area (Å²) < 4.78 is 12.2. The monoisotopic (exact) mass is 508 g/mol. The van der Waals surface area contributed by atoms with Crippen LogP contribution in [0.1, 0.15) is 49.1 Å². The first-order valence-corrected chi connectivity index (χ1v) is 13.3. The molecule has 5 rings (SSSR count). The van der Waals surface area contributed by atoms with Crippen LogP contribution in [0.2, 0.25) is 0 Å². The SMILES string of the molecule is O=C(C[C@@H]1C[C@@H]2c3cc(NC(=O)Cc4ccncc4)ccc3O[C@@H]2[C@H](CO)O1)NCCN1CCCCC1. The lowest BCUT2D eigenvalue weighted by molar-refractivity contribution is -0.142. The Hall–Kier alpha value is -3.01. The molecule has 2 amide bonds. The average molecular weight is 509 g/mol. The number of fused-ring (bicyclic) bond motifs is 3. The first kappa shape index (κ1) is 25.6. The van der Waals surface area contributed by atoms with Crippen molar-refractivity contribution in [3.05, 3.63) is 53.9 Å². The van der Waals surface area contributed by atoms with Crippen molar-refractivity contribution < 1.29 is 24.2 Å². The summed E-state index contributed by atoms with van der Waals surface area (Å²) in [4.78, 5) is 31.6. The van der Waals surface area contributed by atoms with Crippen LogP contribution in [-0.4, -0.2) is 77.9 Å². The van der Waals surface area contributed by atoms with E-state index in [0.717, 1.165) is 36.5 Å². The number of aliphatic hydroxyl groups is 1. The van der Waals surface area contributed by atoms with Gasteiger partial charge < -0.3 is 30.1 Å². The Morgan fingerprint density at radius 1 is 1.08 bits per heavy atom. The Labute approximate surface area is 217 Å². The van der Waals surface area contributed by atoms with Crippen LogP contribution in [0, 0.1) is 0 Å². The number of likely N-dealkylation sites (tertiary alicyclic amines) is 1. The third kappa shape index (κ3) is 6.47. The number of anilines is 1. The van der Waals surface area contributed by atoms with Crippen LogP contribution < -0.4 is 15.4 Å². The van der Waals surface area contributed by atoms with Crippen LogP contribution in [0.3, 0.4) is 0 Å². The number of nitrogens with zero attached hydrogens (tertiary/aromatic N) is 2. The molecule has 3 aliphatic heterocycles. The normalized spacial score (nSPS) is 25.0. The molecule has 0 radical (unpaired) electrons. The lowest BCUT2D eigenvalue weighted by Crippen LogP contribution is -2.47. The molecule has 0 saturated carbocycles. The van der Waals surface area contributed by atoms with Gasteiger partial charge in [-0.3, -0.25) is 14.6 Å². The number of carbonyl (C=O) groups excluding carboxylic acids is 2. The molecule has 0 bridgehead atoms. The van der Waals surface area contributed by atoms with Gasteiger partial charge in [0.2, 0.25) is 11.8 Å². The molecule has 0 unspecified atom stereocenters. The Balaban J connectivity index is 1.18. The molecule has 0 spiro atoms. The molecule has 37 heavy (non-hydrogen) atoms. The number of aromatic nitrogens is 1. The van der Waals surface area contributed by atoms with Crippen molar-refractivity contribution in [1.29, 1.82) is 0 Å². The van der Waals surface area contributed by atoms with Gasteiger partial charge in [0.25, 0.3) is 0 Å². The van der Waals surface area contributed by atoms with E-state index in [0.29, 0.717) is 18.7 Å². The summed E-state index contributed by atoms with van der Waals surface area (Å²) in [5.74, 6) is 0.564. The molecule has 1 aromatic carbocycles. The van der Waals surface area contributed by atoms with Crippen LogP contribution >= 0.6 is 0 Å². The van der Waals surface area contributed by atoms with E-state index < -0.39 is 6.10 Å². The Bertz CT molecular complexity index is 1080. The minimum absolute atomic E-state index is 0.0240. The second-order valence-corrected chi connectivity index (χ2v) is 10.2.